The van der Waals surface area contributed by atoms with Crippen molar-refractivity contribution in [3.8, 4) is 11.5 Å². The van der Waals surface area contributed by atoms with Gasteiger partial charge < -0.3 is 24.5 Å². The molecule has 0 spiro atoms. The van der Waals surface area contributed by atoms with Crippen LogP contribution in [-0.4, -0.2) is 78.0 Å². The zero-order valence-corrected chi connectivity index (χ0v) is 32.3. The summed E-state index contributed by atoms with van der Waals surface area (Å²) in [5.41, 5.74) is 8.77. The van der Waals surface area contributed by atoms with E-state index in [-0.39, 0.29) is 24.0 Å². The zero-order chi connectivity index (χ0) is 38.6. The van der Waals surface area contributed by atoms with E-state index in [1.165, 1.54) is 40.8 Å². The number of phenols is 1. The van der Waals surface area contributed by atoms with E-state index < -0.39 is 11.9 Å². The molecule has 0 radical (unpaired) electrons. The van der Waals surface area contributed by atoms with Crippen molar-refractivity contribution < 1.29 is 24.2 Å². The largest absolute Gasteiger partial charge is 0.508 e. The number of likely N-dealkylation sites (tertiary alicyclic amines) is 1. The molecule has 3 fully saturated rings. The number of carbonyl (C=O) groups excluding carboxylic acids is 3. The third-order valence-corrected chi connectivity index (χ3v) is 12.3. The number of benzene rings is 4. The van der Waals surface area contributed by atoms with Crippen molar-refractivity contribution >= 4 is 34.6 Å². The van der Waals surface area contributed by atoms with Gasteiger partial charge in [-0.3, -0.25) is 19.7 Å². The highest BCUT2D eigenvalue weighted by atomic mass is 16.5. The average molecular weight is 753 g/mol. The number of piperidine rings is 3. The van der Waals surface area contributed by atoms with Gasteiger partial charge >= 0.3 is 0 Å². The van der Waals surface area contributed by atoms with Crippen LogP contribution in [0.15, 0.2) is 97.1 Å². The van der Waals surface area contributed by atoms with Gasteiger partial charge in [-0.2, -0.15) is 0 Å². The highest BCUT2D eigenvalue weighted by molar-refractivity contribution is 6.05. The summed E-state index contributed by atoms with van der Waals surface area (Å²) in [4.78, 5) is 43.8. The Hall–Kier alpha value is -5.41. The minimum atomic E-state index is -0.609. The lowest BCUT2D eigenvalue weighted by Crippen LogP contribution is -2.52. The van der Waals surface area contributed by atoms with Gasteiger partial charge in [0.15, 0.2) is 0 Å². The molecule has 3 saturated heterocycles. The first kappa shape index (κ1) is 37.5. The Morgan fingerprint density at radius 3 is 2.12 bits per heavy atom. The normalized spacial score (nSPS) is 20.2. The Kier molecular flexibility index (Phi) is 11.2. The Morgan fingerprint density at radius 1 is 0.768 bits per heavy atom. The van der Waals surface area contributed by atoms with E-state index >= 15 is 0 Å². The fraction of sp³-hybridized carbons (Fsp3) is 0.383. The van der Waals surface area contributed by atoms with Gasteiger partial charge in [0, 0.05) is 43.9 Å². The first-order valence-electron chi connectivity index (χ1n) is 20.4. The van der Waals surface area contributed by atoms with Gasteiger partial charge in [-0.1, -0.05) is 61.5 Å². The molecule has 1 unspecified atom stereocenters. The molecular formula is C47H52N4O5. The molecule has 9 nitrogen and oxygen atoms in total. The van der Waals surface area contributed by atoms with Crippen LogP contribution < -0.4 is 15.0 Å². The molecule has 56 heavy (non-hydrogen) atoms. The van der Waals surface area contributed by atoms with Gasteiger partial charge in [-0.15, -0.1) is 0 Å². The van der Waals surface area contributed by atoms with Crippen molar-refractivity contribution in [1.82, 2.24) is 15.1 Å². The number of phenolic OH excluding ortho intramolecular Hbond substituents is 1. The van der Waals surface area contributed by atoms with E-state index in [0.717, 1.165) is 68.9 Å². The third kappa shape index (κ3) is 8.24. The van der Waals surface area contributed by atoms with E-state index in [1.807, 2.05) is 30.3 Å². The standard InChI is InChI=1S/C47H52N4O5/c1-2-41(34-6-4-3-5-7-34)45(36-10-14-39(52)15-11-36)35-8-12-38(13-9-35)50-26-22-32(23-27-50)29-49-24-20-33(21-25-49)31-56-40-16-17-42-37(28-40)30-51(47(42)55)43-18-19-44(53)48-46(43)54/h3-17,28,32-33,43,52H,2,18-27,29-31H2,1H3,(H,48,53,54)/b45-41+. The number of rotatable bonds is 11. The molecule has 1 atom stereocenters. The molecule has 3 amide bonds. The predicted molar refractivity (Wildman–Crippen MR) is 219 cm³/mol. The van der Waals surface area contributed by atoms with Crippen LogP contribution >= 0.6 is 0 Å². The molecule has 4 heterocycles. The minimum absolute atomic E-state index is 0.160. The summed E-state index contributed by atoms with van der Waals surface area (Å²) in [6, 6.07) is 32.3. The third-order valence-electron chi connectivity index (χ3n) is 12.3. The van der Waals surface area contributed by atoms with Crippen LogP contribution in [0.25, 0.3) is 11.1 Å². The topological polar surface area (TPSA) is 102 Å². The fourth-order valence-corrected chi connectivity index (χ4v) is 9.08. The molecule has 0 bridgehead atoms. The van der Waals surface area contributed by atoms with E-state index in [2.05, 4.69) is 76.6 Å². The highest BCUT2D eigenvalue weighted by Crippen LogP contribution is 2.37. The number of hydrogen-bond donors (Lipinski definition) is 2. The Bertz CT molecular complexity index is 2060. The molecule has 4 aromatic carbocycles. The average Bonchev–Trinajstić information content (AvgIpc) is 3.55. The van der Waals surface area contributed by atoms with Gasteiger partial charge in [-0.25, -0.2) is 0 Å². The smallest absolute Gasteiger partial charge is 0.255 e. The summed E-state index contributed by atoms with van der Waals surface area (Å²) in [5.74, 6) is 1.40. The van der Waals surface area contributed by atoms with Crippen LogP contribution in [0.3, 0.4) is 0 Å². The van der Waals surface area contributed by atoms with Crippen molar-refractivity contribution in [1.29, 1.82) is 0 Å². The van der Waals surface area contributed by atoms with Crippen molar-refractivity contribution in [2.24, 2.45) is 11.8 Å². The number of nitrogens with zero attached hydrogens (tertiary/aromatic N) is 3. The second-order valence-corrected chi connectivity index (χ2v) is 15.9. The first-order valence-corrected chi connectivity index (χ1v) is 20.4. The maximum absolute atomic E-state index is 13.0. The zero-order valence-electron chi connectivity index (χ0n) is 32.3. The van der Waals surface area contributed by atoms with Crippen LogP contribution in [0.1, 0.15) is 84.5 Å². The summed E-state index contributed by atoms with van der Waals surface area (Å²) in [6.07, 6.45) is 6.12. The number of carbonyl (C=O) groups is 3. The number of ether oxygens (including phenoxy) is 1. The summed E-state index contributed by atoms with van der Waals surface area (Å²) in [6.45, 7) is 8.70. The van der Waals surface area contributed by atoms with Crippen LogP contribution in [0.4, 0.5) is 5.69 Å². The number of nitrogens with one attached hydrogen (secondary N) is 1. The van der Waals surface area contributed by atoms with Crippen LogP contribution in [0.5, 0.6) is 11.5 Å². The summed E-state index contributed by atoms with van der Waals surface area (Å²) >= 11 is 0. The molecule has 4 aliphatic heterocycles. The number of anilines is 1. The van der Waals surface area contributed by atoms with Crippen LogP contribution in [-0.2, 0) is 16.1 Å². The number of aromatic hydroxyl groups is 1. The van der Waals surface area contributed by atoms with Crippen molar-refractivity contribution in [2.45, 2.75) is 64.5 Å². The Labute approximate surface area is 330 Å². The second-order valence-electron chi connectivity index (χ2n) is 15.9. The number of amides is 3. The van der Waals surface area contributed by atoms with E-state index in [9.17, 15) is 19.5 Å². The lowest BCUT2D eigenvalue weighted by atomic mass is 9.88. The fourth-order valence-electron chi connectivity index (χ4n) is 9.08. The minimum Gasteiger partial charge on any atom is -0.508 e. The summed E-state index contributed by atoms with van der Waals surface area (Å²) < 4.78 is 6.26. The van der Waals surface area contributed by atoms with Crippen molar-refractivity contribution in [3.05, 3.63) is 125 Å². The quantitative estimate of drug-likeness (QED) is 0.121. The number of fused-ring (bicyclic) bond motifs is 1. The molecule has 4 aromatic rings. The molecule has 0 aromatic heterocycles. The predicted octanol–water partition coefficient (Wildman–Crippen LogP) is 7.53. The summed E-state index contributed by atoms with van der Waals surface area (Å²) in [7, 11) is 0. The lowest BCUT2D eigenvalue weighted by molar-refractivity contribution is -0.136. The van der Waals surface area contributed by atoms with Crippen LogP contribution in [0.2, 0.25) is 0 Å². The maximum atomic E-state index is 13.0. The monoisotopic (exact) mass is 752 g/mol. The summed E-state index contributed by atoms with van der Waals surface area (Å²) in [5, 5.41) is 12.4. The van der Waals surface area contributed by atoms with Gasteiger partial charge in [0.2, 0.25) is 11.8 Å². The Morgan fingerprint density at radius 2 is 1.45 bits per heavy atom. The molecule has 290 valence electrons. The lowest BCUT2D eigenvalue weighted by Gasteiger charge is -2.38. The highest BCUT2D eigenvalue weighted by Gasteiger charge is 2.39. The maximum Gasteiger partial charge on any atom is 0.255 e. The van der Waals surface area contributed by atoms with Gasteiger partial charge in [0.05, 0.1) is 6.61 Å². The number of allylic oxidation sites excluding steroid dienone is 1. The van der Waals surface area contributed by atoms with E-state index in [0.29, 0.717) is 37.0 Å². The van der Waals surface area contributed by atoms with Gasteiger partial charge in [0.25, 0.3) is 5.91 Å². The van der Waals surface area contributed by atoms with Gasteiger partial charge in [-0.05, 0) is 139 Å². The first-order chi connectivity index (χ1) is 27.3. The van der Waals surface area contributed by atoms with E-state index in [1.54, 1.807) is 17.0 Å². The van der Waals surface area contributed by atoms with Crippen molar-refractivity contribution in [2.75, 3.05) is 44.2 Å². The molecular weight excluding hydrogens is 701 g/mol. The molecule has 2 N–H and O–H groups in total. The Balaban J connectivity index is 0.804. The molecule has 9 heteroatoms. The molecule has 0 saturated carbocycles. The van der Waals surface area contributed by atoms with Gasteiger partial charge in [0.1, 0.15) is 17.5 Å². The molecule has 4 aliphatic rings. The molecule has 0 aliphatic carbocycles. The van der Waals surface area contributed by atoms with E-state index in [4.69, 9.17) is 4.74 Å². The SMILES string of the molecule is CC/C(=C(\c1ccc(O)cc1)c1ccc(N2CCC(CN3CCC(COc4ccc5c(c4)CN(C4CCC(=O)NC4=O)C5=O)CC3)CC2)cc1)c1ccccc1. The number of imide groups is 1. The second kappa shape index (κ2) is 16.8. The molecule has 8 rings (SSSR count). The van der Waals surface area contributed by atoms with Crippen LogP contribution in [0, 0.1) is 11.8 Å². The number of hydrogen-bond acceptors (Lipinski definition) is 7. The van der Waals surface area contributed by atoms with Crippen molar-refractivity contribution in [3.63, 3.8) is 0 Å².